The molecule has 0 bridgehead atoms. The molecule has 5 rings (SSSR count). The standard InChI is InChI=1S/C19H22FN3O2.C10H9NO/c1-21-15-7-5-14(6-8-15)18(24)23-11-9-19(25,10-12-23)13-16-3-2-4-17(20)22-16;1-12-9-6-2-4-8-5-3-7-11-10(8)9/h2-8,21,25H,9-13H2,1H3;2-7H,1H3. The second kappa shape index (κ2) is 11.8. The maximum atomic E-state index is 13.2. The number of rotatable bonds is 5. The van der Waals surface area contributed by atoms with E-state index in [0.717, 1.165) is 22.3 Å². The number of anilines is 1. The van der Waals surface area contributed by atoms with E-state index in [-0.39, 0.29) is 5.91 Å². The quantitative estimate of drug-likeness (QED) is 0.384. The number of para-hydroxylation sites is 1. The minimum Gasteiger partial charge on any atom is -0.494 e. The van der Waals surface area contributed by atoms with Gasteiger partial charge in [0.2, 0.25) is 5.95 Å². The van der Waals surface area contributed by atoms with Gasteiger partial charge in [-0.1, -0.05) is 24.3 Å². The Kier molecular flexibility index (Phi) is 8.30. The van der Waals surface area contributed by atoms with Crippen molar-refractivity contribution in [3.05, 3.63) is 96.2 Å². The number of piperidine rings is 1. The number of ether oxygens (including phenoxy) is 1. The molecule has 0 atom stereocenters. The molecule has 2 aromatic heterocycles. The average Bonchev–Trinajstić information content (AvgIpc) is 2.93. The van der Waals surface area contributed by atoms with Crippen molar-refractivity contribution in [2.75, 3.05) is 32.6 Å². The highest BCUT2D eigenvalue weighted by atomic mass is 19.1. The molecule has 192 valence electrons. The van der Waals surface area contributed by atoms with Crippen LogP contribution in [-0.2, 0) is 6.42 Å². The number of fused-ring (bicyclic) bond motifs is 1. The molecule has 0 spiro atoms. The van der Waals surface area contributed by atoms with E-state index in [0.29, 0.717) is 43.6 Å². The number of nitrogens with zero attached hydrogens (tertiary/aromatic N) is 3. The molecule has 2 N–H and O–H groups in total. The molecule has 7 nitrogen and oxygen atoms in total. The lowest BCUT2D eigenvalue weighted by Gasteiger charge is -2.38. The molecule has 1 amide bonds. The largest absolute Gasteiger partial charge is 0.494 e. The van der Waals surface area contributed by atoms with E-state index in [1.54, 1.807) is 42.5 Å². The first-order valence-corrected chi connectivity index (χ1v) is 12.2. The summed E-state index contributed by atoms with van der Waals surface area (Å²) in [7, 11) is 3.49. The molecule has 1 aliphatic rings. The molecule has 0 unspecified atom stereocenters. The van der Waals surface area contributed by atoms with Crippen molar-refractivity contribution < 1.29 is 19.0 Å². The third-order valence-corrected chi connectivity index (χ3v) is 6.50. The van der Waals surface area contributed by atoms with Crippen molar-refractivity contribution in [2.45, 2.75) is 24.9 Å². The number of carbonyl (C=O) groups is 1. The fraction of sp³-hybridized carbons (Fsp3) is 0.276. The van der Waals surface area contributed by atoms with E-state index < -0.39 is 11.5 Å². The zero-order valence-corrected chi connectivity index (χ0v) is 21.0. The number of pyridine rings is 2. The second-order valence-electron chi connectivity index (χ2n) is 9.01. The highest BCUT2D eigenvalue weighted by Gasteiger charge is 2.34. The predicted molar refractivity (Wildman–Crippen MR) is 142 cm³/mol. The van der Waals surface area contributed by atoms with Gasteiger partial charge in [-0.3, -0.25) is 9.78 Å². The van der Waals surface area contributed by atoms with Gasteiger partial charge < -0.3 is 20.1 Å². The number of aromatic nitrogens is 2. The van der Waals surface area contributed by atoms with Gasteiger partial charge in [0.1, 0.15) is 11.3 Å². The molecule has 37 heavy (non-hydrogen) atoms. The first-order chi connectivity index (χ1) is 17.9. The first-order valence-electron chi connectivity index (χ1n) is 12.2. The van der Waals surface area contributed by atoms with Gasteiger partial charge in [0.05, 0.1) is 12.7 Å². The molecule has 2 aromatic carbocycles. The van der Waals surface area contributed by atoms with Crippen LogP contribution in [0.3, 0.4) is 0 Å². The van der Waals surface area contributed by atoms with Gasteiger partial charge in [-0.25, -0.2) is 4.98 Å². The number of nitrogens with one attached hydrogen (secondary N) is 1. The van der Waals surface area contributed by atoms with Gasteiger partial charge in [-0.2, -0.15) is 4.39 Å². The van der Waals surface area contributed by atoms with Crippen LogP contribution in [0.2, 0.25) is 0 Å². The Hall–Kier alpha value is -4.04. The Morgan fingerprint density at radius 1 is 1.05 bits per heavy atom. The summed E-state index contributed by atoms with van der Waals surface area (Å²) < 4.78 is 18.4. The van der Waals surface area contributed by atoms with Crippen molar-refractivity contribution >= 4 is 22.5 Å². The van der Waals surface area contributed by atoms with Gasteiger partial charge in [0.15, 0.2) is 0 Å². The number of hydrogen-bond donors (Lipinski definition) is 2. The summed E-state index contributed by atoms with van der Waals surface area (Å²) in [5.74, 6) is 0.250. The monoisotopic (exact) mass is 502 g/mol. The molecule has 0 saturated carbocycles. The van der Waals surface area contributed by atoms with Crippen molar-refractivity contribution in [1.82, 2.24) is 14.9 Å². The highest BCUT2D eigenvalue weighted by molar-refractivity contribution is 5.94. The molecular weight excluding hydrogens is 471 g/mol. The Bertz CT molecular complexity index is 1330. The topological polar surface area (TPSA) is 87.6 Å². The van der Waals surface area contributed by atoms with Crippen LogP contribution in [0.5, 0.6) is 5.75 Å². The number of methoxy groups -OCH3 is 1. The molecule has 1 aliphatic heterocycles. The van der Waals surface area contributed by atoms with Gasteiger partial charge in [-0.15, -0.1) is 0 Å². The van der Waals surface area contributed by atoms with Gasteiger partial charge in [-0.05, 0) is 61.4 Å². The number of aliphatic hydroxyl groups is 1. The van der Waals surface area contributed by atoms with Crippen molar-refractivity contribution in [3.8, 4) is 5.75 Å². The Morgan fingerprint density at radius 3 is 2.43 bits per heavy atom. The van der Waals surface area contributed by atoms with Gasteiger partial charge >= 0.3 is 0 Å². The summed E-state index contributed by atoms with van der Waals surface area (Å²) in [4.78, 5) is 22.4. The summed E-state index contributed by atoms with van der Waals surface area (Å²) in [5.41, 5.74) is 2.09. The fourth-order valence-electron chi connectivity index (χ4n) is 4.39. The lowest BCUT2D eigenvalue weighted by molar-refractivity contribution is -0.0169. The number of benzene rings is 2. The zero-order chi connectivity index (χ0) is 26.3. The second-order valence-corrected chi connectivity index (χ2v) is 9.01. The van der Waals surface area contributed by atoms with E-state index in [1.807, 2.05) is 49.5 Å². The summed E-state index contributed by atoms with van der Waals surface area (Å²) in [6, 6.07) is 21.7. The summed E-state index contributed by atoms with van der Waals surface area (Å²) in [6.45, 7) is 0.941. The van der Waals surface area contributed by atoms with E-state index in [2.05, 4.69) is 15.3 Å². The average molecular weight is 503 g/mol. The van der Waals surface area contributed by atoms with Gasteiger partial charge in [0.25, 0.3) is 5.91 Å². The lowest BCUT2D eigenvalue weighted by Crippen LogP contribution is -2.47. The third kappa shape index (κ3) is 6.59. The van der Waals surface area contributed by atoms with Crippen LogP contribution >= 0.6 is 0 Å². The summed E-state index contributed by atoms with van der Waals surface area (Å²) >= 11 is 0. The lowest BCUT2D eigenvalue weighted by atomic mass is 9.86. The maximum Gasteiger partial charge on any atom is 0.253 e. The van der Waals surface area contributed by atoms with Crippen molar-refractivity contribution in [2.24, 2.45) is 0 Å². The SMILES string of the molecule is CNc1ccc(C(=O)N2CCC(O)(Cc3cccc(F)n3)CC2)cc1.COc1cccc2cccnc12. The molecule has 0 radical (unpaired) electrons. The first kappa shape index (κ1) is 26.0. The summed E-state index contributed by atoms with van der Waals surface area (Å²) in [5, 5.41) is 14.9. The van der Waals surface area contributed by atoms with E-state index in [4.69, 9.17) is 4.74 Å². The summed E-state index contributed by atoms with van der Waals surface area (Å²) in [6.07, 6.45) is 2.96. The minimum atomic E-state index is -0.951. The third-order valence-electron chi connectivity index (χ3n) is 6.50. The fourth-order valence-corrected chi connectivity index (χ4v) is 4.39. The Labute approximate surface area is 215 Å². The predicted octanol–water partition coefficient (Wildman–Crippen LogP) is 4.72. The normalized spacial score (nSPS) is 14.4. The molecule has 8 heteroatoms. The number of hydrogen-bond acceptors (Lipinski definition) is 6. The number of amides is 1. The van der Waals surface area contributed by atoms with Crippen LogP contribution in [0.4, 0.5) is 10.1 Å². The van der Waals surface area contributed by atoms with E-state index in [1.165, 1.54) is 6.07 Å². The van der Waals surface area contributed by atoms with Crippen LogP contribution in [0.1, 0.15) is 28.9 Å². The minimum absolute atomic E-state index is 0.0337. The van der Waals surface area contributed by atoms with E-state index >= 15 is 0 Å². The number of carbonyl (C=O) groups excluding carboxylic acids is 1. The molecule has 1 fully saturated rings. The number of halogens is 1. The zero-order valence-electron chi connectivity index (χ0n) is 21.0. The maximum absolute atomic E-state index is 13.2. The highest BCUT2D eigenvalue weighted by Crippen LogP contribution is 2.27. The van der Waals surface area contributed by atoms with Crippen LogP contribution in [0.25, 0.3) is 10.9 Å². The molecule has 1 saturated heterocycles. The Balaban J connectivity index is 0.000000222. The molecule has 3 heterocycles. The van der Waals surface area contributed by atoms with Crippen LogP contribution in [0.15, 0.2) is 79.0 Å². The molecular formula is C29H31FN4O3. The van der Waals surface area contributed by atoms with E-state index in [9.17, 15) is 14.3 Å². The van der Waals surface area contributed by atoms with Crippen molar-refractivity contribution in [3.63, 3.8) is 0 Å². The van der Waals surface area contributed by atoms with Gasteiger partial charge in [0, 0.05) is 55.1 Å². The van der Waals surface area contributed by atoms with Crippen molar-refractivity contribution in [1.29, 1.82) is 0 Å². The smallest absolute Gasteiger partial charge is 0.253 e. The van der Waals surface area contributed by atoms with Crippen LogP contribution < -0.4 is 10.1 Å². The molecule has 4 aromatic rings. The van der Waals surface area contributed by atoms with Crippen LogP contribution in [0, 0.1) is 5.95 Å². The number of likely N-dealkylation sites (tertiary alicyclic amines) is 1. The Morgan fingerprint density at radius 2 is 1.76 bits per heavy atom. The molecule has 0 aliphatic carbocycles. The van der Waals surface area contributed by atoms with Crippen LogP contribution in [-0.4, -0.2) is 58.7 Å².